The molecule has 0 N–H and O–H groups in total. The number of para-hydroxylation sites is 1. The Balaban J connectivity index is 1.32. The third kappa shape index (κ3) is 3.18. The maximum absolute atomic E-state index is 14.3. The van der Waals surface area contributed by atoms with Crippen LogP contribution < -0.4 is 4.90 Å². The molecule has 164 valence electrons. The van der Waals surface area contributed by atoms with Crippen molar-refractivity contribution >= 4 is 27.6 Å². The number of furan rings is 1. The molecule has 5 heteroatoms. The highest BCUT2D eigenvalue weighted by Gasteiger charge is 2.42. The summed E-state index contributed by atoms with van der Waals surface area (Å²) in [7, 11) is 0. The van der Waals surface area contributed by atoms with E-state index in [1.165, 1.54) is 43.1 Å². The molecule has 2 aromatic heterocycles. The highest BCUT2D eigenvalue weighted by Crippen LogP contribution is 2.46. The molecule has 2 aromatic carbocycles. The molecule has 0 atom stereocenters. The van der Waals surface area contributed by atoms with Crippen molar-refractivity contribution in [2.75, 3.05) is 31.1 Å². The van der Waals surface area contributed by atoms with E-state index in [9.17, 15) is 4.39 Å². The Kier molecular flexibility index (Phi) is 4.87. The minimum absolute atomic E-state index is 0.0270. The predicted molar refractivity (Wildman–Crippen MR) is 126 cm³/mol. The molecule has 1 saturated heterocycles. The quantitative estimate of drug-likeness (QED) is 0.394. The molecule has 1 saturated carbocycles. The number of anilines is 1. The van der Waals surface area contributed by atoms with Crippen LogP contribution in [0.15, 0.2) is 65.4 Å². The Morgan fingerprint density at radius 3 is 2.56 bits per heavy atom. The number of halogens is 1. The van der Waals surface area contributed by atoms with E-state index in [1.54, 1.807) is 18.3 Å². The molecule has 2 aliphatic rings. The van der Waals surface area contributed by atoms with Crippen LogP contribution in [0, 0.1) is 5.82 Å². The van der Waals surface area contributed by atoms with Crippen molar-refractivity contribution in [3.63, 3.8) is 0 Å². The summed E-state index contributed by atoms with van der Waals surface area (Å²) in [5.41, 5.74) is 4.14. The minimum Gasteiger partial charge on any atom is -0.464 e. The first-order valence-corrected chi connectivity index (χ1v) is 11.8. The van der Waals surface area contributed by atoms with Crippen LogP contribution in [-0.4, -0.2) is 36.1 Å². The zero-order valence-corrected chi connectivity index (χ0v) is 18.3. The number of hydrogen-bond donors (Lipinski definition) is 0. The van der Waals surface area contributed by atoms with E-state index in [0.29, 0.717) is 0 Å². The summed E-state index contributed by atoms with van der Waals surface area (Å²) in [5.74, 6) is -0.198. The van der Waals surface area contributed by atoms with E-state index in [4.69, 9.17) is 4.42 Å². The van der Waals surface area contributed by atoms with E-state index in [2.05, 4.69) is 33.0 Å². The fourth-order valence-electron chi connectivity index (χ4n) is 5.98. The topological polar surface area (TPSA) is 32.5 Å². The number of nitrogens with zero attached hydrogens (tertiary/aromatic N) is 3. The second-order valence-electron chi connectivity index (χ2n) is 9.21. The van der Waals surface area contributed by atoms with Gasteiger partial charge in [0.25, 0.3) is 0 Å². The number of piperazine rings is 1. The Hall–Kier alpha value is -2.92. The van der Waals surface area contributed by atoms with Crippen LogP contribution in [0.5, 0.6) is 0 Å². The van der Waals surface area contributed by atoms with Crippen LogP contribution in [0.2, 0.25) is 0 Å². The summed E-state index contributed by atoms with van der Waals surface area (Å²) in [4.78, 5) is 9.54. The number of benzene rings is 2. The summed E-state index contributed by atoms with van der Waals surface area (Å²) in [6, 6.07) is 15.4. The van der Waals surface area contributed by atoms with Crippen LogP contribution >= 0.6 is 0 Å². The van der Waals surface area contributed by atoms with Crippen molar-refractivity contribution in [1.29, 1.82) is 0 Å². The van der Waals surface area contributed by atoms with Crippen LogP contribution in [-0.2, 0) is 5.54 Å². The average molecular weight is 430 g/mol. The Morgan fingerprint density at radius 1 is 0.906 bits per heavy atom. The van der Waals surface area contributed by atoms with Gasteiger partial charge >= 0.3 is 0 Å². The van der Waals surface area contributed by atoms with Gasteiger partial charge in [0.05, 0.1) is 17.5 Å². The summed E-state index contributed by atoms with van der Waals surface area (Å²) in [6.45, 7) is 3.63. The minimum atomic E-state index is -0.198. The molecule has 0 radical (unpaired) electrons. The van der Waals surface area contributed by atoms with Gasteiger partial charge in [-0.25, -0.2) is 4.39 Å². The van der Waals surface area contributed by atoms with Crippen LogP contribution in [0.1, 0.15) is 37.7 Å². The fourth-order valence-corrected chi connectivity index (χ4v) is 5.98. The summed E-state index contributed by atoms with van der Waals surface area (Å²) >= 11 is 0. The molecule has 4 aromatic rings. The molecule has 0 bridgehead atoms. The number of aromatic nitrogens is 1. The van der Waals surface area contributed by atoms with Crippen molar-refractivity contribution in [2.45, 2.75) is 37.6 Å². The molecular weight excluding hydrogens is 401 g/mol. The maximum Gasteiger partial charge on any atom is 0.134 e. The van der Waals surface area contributed by atoms with Gasteiger partial charge in [0.15, 0.2) is 0 Å². The van der Waals surface area contributed by atoms with Crippen LogP contribution in [0.4, 0.5) is 10.1 Å². The zero-order valence-electron chi connectivity index (χ0n) is 18.3. The lowest BCUT2D eigenvalue weighted by molar-refractivity contribution is 0.0422. The standard InChI is InChI=1S/C27H28FN3O/c28-21-17-20-7-6-12-29-26(20)24(18-21)30-13-15-31(16-14-30)27(10-4-1-5-11-27)23-19-32-25-9-3-2-8-22(23)25/h2-3,6-9,12,17-19H,1,4-5,10-11,13-16H2. The largest absolute Gasteiger partial charge is 0.464 e. The summed E-state index contributed by atoms with van der Waals surface area (Å²) in [6.07, 6.45) is 9.93. The Bertz CT molecular complexity index is 1250. The second-order valence-corrected chi connectivity index (χ2v) is 9.21. The SMILES string of the molecule is Fc1cc(N2CCN(C3(c4coc5ccccc45)CCCCC3)CC2)c2ncccc2c1. The molecule has 2 fully saturated rings. The lowest BCUT2D eigenvalue weighted by Crippen LogP contribution is -2.56. The molecule has 4 nitrogen and oxygen atoms in total. The second kappa shape index (κ2) is 7.89. The van der Waals surface area contributed by atoms with E-state index < -0.39 is 0 Å². The molecule has 0 unspecified atom stereocenters. The fraction of sp³-hybridized carbons (Fsp3) is 0.370. The molecule has 1 aliphatic heterocycles. The first kappa shape index (κ1) is 19.7. The van der Waals surface area contributed by atoms with Gasteiger partial charge in [-0.3, -0.25) is 9.88 Å². The number of pyridine rings is 1. The first-order chi connectivity index (χ1) is 15.7. The highest BCUT2D eigenvalue weighted by atomic mass is 19.1. The molecule has 0 amide bonds. The Labute approximate surface area is 187 Å². The van der Waals surface area contributed by atoms with Gasteiger partial charge in [0, 0.05) is 54.3 Å². The van der Waals surface area contributed by atoms with Gasteiger partial charge in [0.1, 0.15) is 11.4 Å². The molecule has 3 heterocycles. The van der Waals surface area contributed by atoms with Gasteiger partial charge in [-0.15, -0.1) is 0 Å². The Morgan fingerprint density at radius 2 is 1.72 bits per heavy atom. The van der Waals surface area contributed by atoms with E-state index >= 15 is 0 Å². The molecule has 32 heavy (non-hydrogen) atoms. The number of rotatable bonds is 3. The molecular formula is C27H28FN3O. The third-order valence-electron chi connectivity index (χ3n) is 7.54. The van der Waals surface area contributed by atoms with E-state index in [0.717, 1.165) is 48.4 Å². The highest BCUT2D eigenvalue weighted by molar-refractivity contribution is 5.91. The van der Waals surface area contributed by atoms with E-state index in [-0.39, 0.29) is 11.4 Å². The van der Waals surface area contributed by atoms with Crippen molar-refractivity contribution in [2.24, 2.45) is 0 Å². The molecule has 0 spiro atoms. The van der Waals surface area contributed by atoms with Crippen molar-refractivity contribution in [3.8, 4) is 0 Å². The maximum atomic E-state index is 14.3. The third-order valence-corrected chi connectivity index (χ3v) is 7.54. The van der Waals surface area contributed by atoms with E-state index in [1.807, 2.05) is 24.5 Å². The summed E-state index contributed by atoms with van der Waals surface area (Å²) < 4.78 is 20.3. The zero-order chi connectivity index (χ0) is 21.5. The first-order valence-electron chi connectivity index (χ1n) is 11.8. The van der Waals surface area contributed by atoms with Crippen molar-refractivity contribution in [3.05, 3.63) is 72.4 Å². The summed E-state index contributed by atoms with van der Waals surface area (Å²) in [5, 5.41) is 2.11. The normalized spacial score (nSPS) is 19.6. The van der Waals surface area contributed by atoms with Crippen molar-refractivity contribution < 1.29 is 8.81 Å². The molecule has 1 aliphatic carbocycles. The van der Waals surface area contributed by atoms with Crippen LogP contribution in [0.25, 0.3) is 21.9 Å². The number of hydrogen-bond acceptors (Lipinski definition) is 4. The predicted octanol–water partition coefficient (Wildman–Crippen LogP) is 6.10. The lowest BCUT2D eigenvalue weighted by atomic mass is 9.74. The van der Waals surface area contributed by atoms with Gasteiger partial charge in [0.2, 0.25) is 0 Å². The molecule has 6 rings (SSSR count). The van der Waals surface area contributed by atoms with Gasteiger partial charge in [-0.1, -0.05) is 43.5 Å². The van der Waals surface area contributed by atoms with Gasteiger partial charge < -0.3 is 9.32 Å². The van der Waals surface area contributed by atoms with Crippen LogP contribution in [0.3, 0.4) is 0 Å². The average Bonchev–Trinajstić information content (AvgIpc) is 3.29. The van der Waals surface area contributed by atoms with Gasteiger partial charge in [-0.05, 0) is 37.1 Å². The number of fused-ring (bicyclic) bond motifs is 2. The monoisotopic (exact) mass is 429 g/mol. The lowest BCUT2D eigenvalue weighted by Gasteiger charge is -2.50. The van der Waals surface area contributed by atoms with Gasteiger partial charge in [-0.2, -0.15) is 0 Å². The smallest absolute Gasteiger partial charge is 0.134 e. The van der Waals surface area contributed by atoms with Crippen molar-refractivity contribution in [1.82, 2.24) is 9.88 Å².